The fraction of sp³-hybridized carbons (Fsp3) is 0.0556. The summed E-state index contributed by atoms with van der Waals surface area (Å²) < 4.78 is 26.4. The molecular formula is C18H13F2N3O2. The van der Waals surface area contributed by atoms with Gasteiger partial charge in [0.2, 0.25) is 0 Å². The average Bonchev–Trinajstić information content (AvgIpc) is 2.57. The molecule has 0 saturated heterocycles. The maximum absolute atomic E-state index is 13.5. The predicted molar refractivity (Wildman–Crippen MR) is 88.8 cm³/mol. The Labute approximate surface area is 142 Å². The predicted octanol–water partition coefficient (Wildman–Crippen LogP) is 3.63. The van der Waals surface area contributed by atoms with E-state index in [0.29, 0.717) is 17.3 Å². The first kappa shape index (κ1) is 17.8. The fourth-order valence-corrected chi connectivity index (χ4v) is 1.92. The number of anilines is 2. The summed E-state index contributed by atoms with van der Waals surface area (Å²) in [6, 6.07) is 10.8. The quantitative estimate of drug-likeness (QED) is 0.494. The molecule has 5 nitrogen and oxygen atoms in total. The summed E-state index contributed by atoms with van der Waals surface area (Å²) in [7, 11) is 0. The van der Waals surface area contributed by atoms with Crippen molar-refractivity contribution in [3.8, 4) is 6.07 Å². The van der Waals surface area contributed by atoms with E-state index in [1.807, 2.05) is 0 Å². The van der Waals surface area contributed by atoms with Crippen molar-refractivity contribution in [1.29, 1.82) is 5.26 Å². The Kier molecular flexibility index (Phi) is 5.58. The summed E-state index contributed by atoms with van der Waals surface area (Å²) in [6.45, 7) is 1.39. The fourth-order valence-electron chi connectivity index (χ4n) is 1.92. The Morgan fingerprint density at radius 3 is 2.56 bits per heavy atom. The average molecular weight is 341 g/mol. The summed E-state index contributed by atoms with van der Waals surface area (Å²) in [5, 5.41) is 14.0. The van der Waals surface area contributed by atoms with Gasteiger partial charge < -0.3 is 10.6 Å². The zero-order chi connectivity index (χ0) is 18.4. The molecule has 7 heteroatoms. The molecule has 126 valence electrons. The first-order valence-corrected chi connectivity index (χ1v) is 7.15. The van der Waals surface area contributed by atoms with Gasteiger partial charge in [0.05, 0.1) is 5.69 Å². The van der Waals surface area contributed by atoms with Crippen LogP contribution in [0.4, 0.5) is 20.2 Å². The van der Waals surface area contributed by atoms with Crippen LogP contribution in [0, 0.1) is 23.0 Å². The minimum Gasteiger partial charge on any atom is -0.358 e. The van der Waals surface area contributed by atoms with E-state index in [1.165, 1.54) is 13.0 Å². The first-order valence-electron chi connectivity index (χ1n) is 7.15. The maximum Gasteiger partial charge on any atom is 0.267 e. The molecule has 0 aliphatic heterocycles. The van der Waals surface area contributed by atoms with Gasteiger partial charge in [-0.3, -0.25) is 9.59 Å². The van der Waals surface area contributed by atoms with Crippen LogP contribution >= 0.6 is 0 Å². The third-order valence-electron chi connectivity index (χ3n) is 3.20. The second-order valence-electron chi connectivity index (χ2n) is 5.03. The number of nitrogens with zero attached hydrogens (tertiary/aromatic N) is 1. The molecule has 0 atom stereocenters. The smallest absolute Gasteiger partial charge is 0.267 e. The van der Waals surface area contributed by atoms with E-state index in [-0.39, 0.29) is 17.0 Å². The Balaban J connectivity index is 2.14. The summed E-state index contributed by atoms with van der Waals surface area (Å²) in [5.74, 6) is -2.50. The monoisotopic (exact) mass is 341 g/mol. The summed E-state index contributed by atoms with van der Waals surface area (Å²) in [5.41, 5.74) is 0.344. The van der Waals surface area contributed by atoms with Gasteiger partial charge in [-0.05, 0) is 31.2 Å². The molecule has 0 aliphatic rings. The molecule has 0 unspecified atom stereocenters. The molecule has 2 aromatic carbocycles. The summed E-state index contributed by atoms with van der Waals surface area (Å²) in [6.07, 6.45) is 1.01. The van der Waals surface area contributed by atoms with Crippen molar-refractivity contribution >= 4 is 23.1 Å². The maximum atomic E-state index is 13.5. The number of Topliss-reactive ketones (excluding diaryl/α,β-unsaturated/α-hetero) is 1. The molecule has 0 radical (unpaired) electrons. The number of benzene rings is 2. The molecule has 1 amide bonds. The van der Waals surface area contributed by atoms with E-state index in [2.05, 4.69) is 10.6 Å². The molecule has 2 rings (SSSR count). The van der Waals surface area contributed by atoms with E-state index in [4.69, 9.17) is 5.26 Å². The second-order valence-corrected chi connectivity index (χ2v) is 5.03. The van der Waals surface area contributed by atoms with Crippen molar-refractivity contribution in [2.45, 2.75) is 6.92 Å². The molecule has 2 N–H and O–H groups in total. The highest BCUT2D eigenvalue weighted by Gasteiger charge is 2.11. The highest BCUT2D eigenvalue weighted by atomic mass is 19.1. The van der Waals surface area contributed by atoms with E-state index >= 15 is 0 Å². The van der Waals surface area contributed by atoms with Gasteiger partial charge in [0.1, 0.15) is 23.3 Å². The lowest BCUT2D eigenvalue weighted by Gasteiger charge is -2.07. The van der Waals surface area contributed by atoms with E-state index in [0.717, 1.165) is 18.3 Å². The van der Waals surface area contributed by atoms with Gasteiger partial charge >= 0.3 is 0 Å². The Morgan fingerprint density at radius 2 is 1.92 bits per heavy atom. The van der Waals surface area contributed by atoms with Crippen molar-refractivity contribution in [2.75, 3.05) is 10.6 Å². The number of carbonyl (C=O) groups is 2. The number of nitriles is 1. The van der Waals surface area contributed by atoms with Gasteiger partial charge in [0.25, 0.3) is 5.91 Å². The highest BCUT2D eigenvalue weighted by molar-refractivity contribution is 6.07. The minimum atomic E-state index is -0.858. The molecule has 0 heterocycles. The third-order valence-corrected chi connectivity index (χ3v) is 3.20. The minimum absolute atomic E-state index is 0.0828. The Hall–Kier alpha value is -3.53. The third kappa shape index (κ3) is 4.72. The second kappa shape index (κ2) is 7.84. The largest absolute Gasteiger partial charge is 0.358 e. The lowest BCUT2D eigenvalue weighted by atomic mass is 10.1. The SMILES string of the molecule is CC(=O)c1cccc(NC(=O)/C(C#N)=C\Nc2ccc(F)cc2F)c1. The van der Waals surface area contributed by atoms with Gasteiger partial charge in [0.15, 0.2) is 5.78 Å². The number of nitrogens with one attached hydrogen (secondary N) is 2. The van der Waals surface area contributed by atoms with Crippen molar-refractivity contribution in [3.63, 3.8) is 0 Å². The van der Waals surface area contributed by atoms with Gasteiger partial charge in [-0.1, -0.05) is 12.1 Å². The summed E-state index contributed by atoms with van der Waals surface area (Å²) >= 11 is 0. The molecule has 0 aromatic heterocycles. The highest BCUT2D eigenvalue weighted by Crippen LogP contribution is 2.16. The number of ketones is 1. The standard InChI is InChI=1S/C18H13F2N3O2/c1-11(24)12-3-2-4-15(7-12)23-18(25)13(9-21)10-22-17-6-5-14(19)8-16(17)20/h2-8,10,22H,1H3,(H,23,25)/b13-10-. The lowest BCUT2D eigenvalue weighted by Crippen LogP contribution is -2.15. The Morgan fingerprint density at radius 1 is 1.16 bits per heavy atom. The molecule has 0 spiro atoms. The van der Waals surface area contributed by atoms with Crippen LogP contribution in [0.3, 0.4) is 0 Å². The van der Waals surface area contributed by atoms with Crippen LogP contribution in [0.1, 0.15) is 17.3 Å². The molecular weight excluding hydrogens is 328 g/mol. The van der Waals surface area contributed by atoms with Crippen LogP contribution in [0.15, 0.2) is 54.2 Å². The summed E-state index contributed by atoms with van der Waals surface area (Å²) in [4.78, 5) is 23.4. The zero-order valence-corrected chi connectivity index (χ0v) is 13.1. The van der Waals surface area contributed by atoms with Crippen molar-refractivity contribution in [3.05, 3.63) is 71.4 Å². The molecule has 0 aliphatic carbocycles. The number of halogens is 2. The topological polar surface area (TPSA) is 82.0 Å². The zero-order valence-electron chi connectivity index (χ0n) is 13.1. The molecule has 25 heavy (non-hydrogen) atoms. The number of carbonyl (C=O) groups excluding carboxylic acids is 2. The van der Waals surface area contributed by atoms with Crippen molar-refractivity contribution in [1.82, 2.24) is 0 Å². The molecule has 0 fully saturated rings. The van der Waals surface area contributed by atoms with Crippen LogP contribution in [0.2, 0.25) is 0 Å². The van der Waals surface area contributed by atoms with Gasteiger partial charge in [-0.25, -0.2) is 8.78 Å². The van der Waals surface area contributed by atoms with Crippen LogP contribution in [-0.4, -0.2) is 11.7 Å². The van der Waals surface area contributed by atoms with Crippen molar-refractivity contribution < 1.29 is 18.4 Å². The van der Waals surface area contributed by atoms with Crippen LogP contribution in [-0.2, 0) is 4.79 Å². The number of hydrogen-bond acceptors (Lipinski definition) is 4. The number of hydrogen-bond donors (Lipinski definition) is 2. The normalized spacial score (nSPS) is 10.7. The van der Waals surface area contributed by atoms with E-state index in [1.54, 1.807) is 24.3 Å². The first-order chi connectivity index (χ1) is 11.9. The van der Waals surface area contributed by atoms with E-state index in [9.17, 15) is 18.4 Å². The van der Waals surface area contributed by atoms with Crippen LogP contribution in [0.25, 0.3) is 0 Å². The molecule has 0 saturated carbocycles. The van der Waals surface area contributed by atoms with Gasteiger partial charge in [-0.15, -0.1) is 0 Å². The number of amides is 1. The lowest BCUT2D eigenvalue weighted by molar-refractivity contribution is -0.112. The van der Waals surface area contributed by atoms with Crippen LogP contribution < -0.4 is 10.6 Å². The van der Waals surface area contributed by atoms with Crippen LogP contribution in [0.5, 0.6) is 0 Å². The van der Waals surface area contributed by atoms with Gasteiger partial charge in [-0.2, -0.15) is 5.26 Å². The van der Waals surface area contributed by atoms with Crippen molar-refractivity contribution in [2.24, 2.45) is 0 Å². The Bertz CT molecular complexity index is 901. The molecule has 0 bridgehead atoms. The molecule has 2 aromatic rings. The van der Waals surface area contributed by atoms with Gasteiger partial charge in [0, 0.05) is 23.5 Å². The number of rotatable bonds is 5. The van der Waals surface area contributed by atoms with E-state index < -0.39 is 17.5 Å².